The molecule has 0 bridgehead atoms. The van der Waals surface area contributed by atoms with Gasteiger partial charge in [-0.3, -0.25) is 4.79 Å². The molecule has 0 radical (unpaired) electrons. The molecule has 0 aliphatic rings. The van der Waals surface area contributed by atoms with Crippen molar-refractivity contribution in [1.29, 1.82) is 0 Å². The fourth-order valence-corrected chi connectivity index (χ4v) is 3.96. The standard InChI is InChI=1S/C27H23Cl2NO4/c1-4-33-25-14-26-21(22(15-34-26)17-5-8-19(32-3)9-6-17)13-20(25)16(2)11-27(31)30-18-7-10-23(28)24(29)12-18/h5-15H,4H2,1-3H3,(H,30,31)/b16-11+. The highest BCUT2D eigenvalue weighted by molar-refractivity contribution is 6.42. The van der Waals surface area contributed by atoms with Crippen LogP contribution in [0.3, 0.4) is 0 Å². The van der Waals surface area contributed by atoms with Gasteiger partial charge in [-0.2, -0.15) is 0 Å². The molecule has 5 nitrogen and oxygen atoms in total. The second-order valence-corrected chi connectivity index (χ2v) is 8.42. The van der Waals surface area contributed by atoms with Crippen molar-refractivity contribution in [2.75, 3.05) is 19.0 Å². The fraction of sp³-hybridized carbons (Fsp3) is 0.148. The molecule has 0 saturated heterocycles. The van der Waals surface area contributed by atoms with Crippen LogP contribution in [0.25, 0.3) is 27.7 Å². The lowest BCUT2D eigenvalue weighted by Gasteiger charge is -2.12. The number of fused-ring (bicyclic) bond motifs is 1. The molecule has 4 rings (SSSR count). The van der Waals surface area contributed by atoms with Gasteiger partial charge in [0, 0.05) is 34.3 Å². The van der Waals surface area contributed by atoms with E-state index in [1.807, 2.05) is 50.2 Å². The first-order chi connectivity index (χ1) is 16.4. The van der Waals surface area contributed by atoms with Crippen molar-refractivity contribution < 1.29 is 18.7 Å². The minimum absolute atomic E-state index is 0.291. The van der Waals surface area contributed by atoms with Gasteiger partial charge in [-0.1, -0.05) is 35.3 Å². The van der Waals surface area contributed by atoms with Crippen molar-refractivity contribution in [2.45, 2.75) is 13.8 Å². The highest BCUT2D eigenvalue weighted by Gasteiger charge is 2.15. The van der Waals surface area contributed by atoms with Crippen LogP contribution in [0.2, 0.25) is 10.0 Å². The van der Waals surface area contributed by atoms with Crippen LogP contribution in [0.1, 0.15) is 19.4 Å². The molecular formula is C27H23Cl2NO4. The summed E-state index contributed by atoms with van der Waals surface area (Å²) in [4.78, 5) is 12.7. The van der Waals surface area contributed by atoms with Gasteiger partial charge in [0.15, 0.2) is 0 Å². The number of halogens is 2. The SMILES string of the molecule is CCOc1cc2occ(-c3ccc(OC)cc3)c2cc1/C(C)=C/C(=O)Nc1ccc(Cl)c(Cl)c1. The number of hydrogen-bond acceptors (Lipinski definition) is 4. The monoisotopic (exact) mass is 495 g/mol. The van der Waals surface area contributed by atoms with Gasteiger partial charge in [0.2, 0.25) is 5.91 Å². The van der Waals surface area contributed by atoms with E-state index in [1.165, 1.54) is 6.08 Å². The Labute approximate surface area is 207 Å². The van der Waals surface area contributed by atoms with E-state index in [4.69, 9.17) is 37.1 Å². The molecule has 174 valence electrons. The fourth-order valence-electron chi connectivity index (χ4n) is 3.66. The van der Waals surface area contributed by atoms with Gasteiger partial charge >= 0.3 is 0 Å². The Bertz CT molecular complexity index is 1370. The zero-order valence-corrected chi connectivity index (χ0v) is 20.5. The van der Waals surface area contributed by atoms with Crippen molar-refractivity contribution in [3.05, 3.63) is 82.5 Å². The van der Waals surface area contributed by atoms with Crippen LogP contribution in [-0.2, 0) is 4.79 Å². The molecule has 0 fully saturated rings. The summed E-state index contributed by atoms with van der Waals surface area (Å²) in [5.41, 5.74) is 4.73. The van der Waals surface area contributed by atoms with Crippen LogP contribution in [0.15, 0.2) is 71.4 Å². The molecule has 7 heteroatoms. The summed E-state index contributed by atoms with van der Waals surface area (Å²) in [7, 11) is 1.64. The van der Waals surface area contributed by atoms with E-state index in [9.17, 15) is 4.79 Å². The second kappa shape index (κ2) is 10.2. The first-order valence-electron chi connectivity index (χ1n) is 10.7. The Morgan fingerprint density at radius 3 is 2.50 bits per heavy atom. The van der Waals surface area contributed by atoms with Gasteiger partial charge in [-0.05, 0) is 61.4 Å². The highest BCUT2D eigenvalue weighted by atomic mass is 35.5. The van der Waals surface area contributed by atoms with Gasteiger partial charge in [0.25, 0.3) is 0 Å². The lowest BCUT2D eigenvalue weighted by Crippen LogP contribution is -2.08. The topological polar surface area (TPSA) is 60.7 Å². The Kier molecular flexibility index (Phi) is 7.15. The number of hydrogen-bond donors (Lipinski definition) is 1. The lowest BCUT2D eigenvalue weighted by molar-refractivity contribution is -0.111. The van der Waals surface area contributed by atoms with Gasteiger partial charge < -0.3 is 19.2 Å². The van der Waals surface area contributed by atoms with E-state index in [0.29, 0.717) is 33.7 Å². The normalized spacial score (nSPS) is 11.5. The molecule has 0 unspecified atom stereocenters. The summed E-state index contributed by atoms with van der Waals surface area (Å²) in [6.45, 7) is 4.26. The highest BCUT2D eigenvalue weighted by Crippen LogP contribution is 2.38. The molecule has 1 heterocycles. The van der Waals surface area contributed by atoms with Gasteiger partial charge in [0.05, 0.1) is 30.0 Å². The van der Waals surface area contributed by atoms with Crippen LogP contribution >= 0.6 is 23.2 Å². The minimum atomic E-state index is -0.291. The van der Waals surface area contributed by atoms with E-state index >= 15 is 0 Å². The number of furan rings is 1. The van der Waals surface area contributed by atoms with Gasteiger partial charge in [0.1, 0.15) is 17.1 Å². The minimum Gasteiger partial charge on any atom is -0.497 e. The van der Waals surface area contributed by atoms with Crippen LogP contribution < -0.4 is 14.8 Å². The summed E-state index contributed by atoms with van der Waals surface area (Å²) in [6.07, 6.45) is 3.25. The average Bonchev–Trinajstić information content (AvgIpc) is 3.24. The molecule has 1 N–H and O–H groups in total. The van der Waals surface area contributed by atoms with E-state index < -0.39 is 0 Å². The van der Waals surface area contributed by atoms with Crippen LogP contribution in [-0.4, -0.2) is 19.6 Å². The Hall–Kier alpha value is -3.41. The largest absolute Gasteiger partial charge is 0.497 e. The van der Waals surface area contributed by atoms with Crippen molar-refractivity contribution in [3.8, 4) is 22.6 Å². The maximum Gasteiger partial charge on any atom is 0.248 e. The molecule has 0 aliphatic heterocycles. The molecular weight excluding hydrogens is 473 g/mol. The number of rotatable bonds is 7. The molecule has 3 aromatic carbocycles. The van der Waals surface area contributed by atoms with Gasteiger partial charge in [-0.15, -0.1) is 0 Å². The first kappa shape index (κ1) is 23.7. The van der Waals surface area contributed by atoms with E-state index in [0.717, 1.165) is 33.4 Å². The number of nitrogens with one attached hydrogen (secondary N) is 1. The molecule has 0 atom stereocenters. The summed E-state index contributed by atoms with van der Waals surface area (Å²) in [5, 5.41) is 4.53. The summed E-state index contributed by atoms with van der Waals surface area (Å²) in [6, 6.07) is 16.5. The molecule has 0 spiro atoms. The zero-order valence-electron chi connectivity index (χ0n) is 18.9. The number of methoxy groups -OCH3 is 1. The second-order valence-electron chi connectivity index (χ2n) is 7.60. The zero-order chi connectivity index (χ0) is 24.2. The predicted molar refractivity (Wildman–Crippen MR) is 138 cm³/mol. The quantitative estimate of drug-likeness (QED) is 0.265. The maximum atomic E-state index is 12.7. The van der Waals surface area contributed by atoms with E-state index in [1.54, 1.807) is 31.6 Å². The molecule has 0 saturated carbocycles. The van der Waals surface area contributed by atoms with Crippen molar-refractivity contribution in [1.82, 2.24) is 0 Å². The molecule has 34 heavy (non-hydrogen) atoms. The summed E-state index contributed by atoms with van der Waals surface area (Å²) < 4.78 is 16.9. The number of anilines is 1. The van der Waals surface area contributed by atoms with E-state index in [-0.39, 0.29) is 5.91 Å². The molecule has 4 aromatic rings. The van der Waals surface area contributed by atoms with Crippen molar-refractivity contribution in [3.63, 3.8) is 0 Å². The van der Waals surface area contributed by atoms with E-state index in [2.05, 4.69) is 5.32 Å². The number of ether oxygens (including phenoxy) is 2. The third-order valence-electron chi connectivity index (χ3n) is 5.34. The summed E-state index contributed by atoms with van der Waals surface area (Å²) >= 11 is 12.0. The maximum absolute atomic E-state index is 12.7. The smallest absolute Gasteiger partial charge is 0.248 e. The molecule has 1 amide bonds. The van der Waals surface area contributed by atoms with Crippen LogP contribution in [0, 0.1) is 0 Å². The molecule has 1 aromatic heterocycles. The third-order valence-corrected chi connectivity index (χ3v) is 6.08. The number of amides is 1. The van der Waals surface area contributed by atoms with Gasteiger partial charge in [-0.25, -0.2) is 0 Å². The third kappa shape index (κ3) is 5.06. The number of carbonyl (C=O) groups excluding carboxylic acids is 1. The number of allylic oxidation sites excluding steroid dienone is 1. The number of carbonyl (C=O) groups is 1. The first-order valence-corrected chi connectivity index (χ1v) is 11.4. The predicted octanol–water partition coefficient (Wildman–Crippen LogP) is 7.86. The number of benzene rings is 3. The Balaban J connectivity index is 1.70. The summed E-state index contributed by atoms with van der Waals surface area (Å²) in [5.74, 6) is 1.13. The van der Waals surface area contributed by atoms with Crippen molar-refractivity contribution >= 4 is 51.3 Å². The Morgan fingerprint density at radius 1 is 1.06 bits per heavy atom. The van der Waals surface area contributed by atoms with Crippen molar-refractivity contribution in [2.24, 2.45) is 0 Å². The Morgan fingerprint density at radius 2 is 1.82 bits per heavy atom. The average molecular weight is 496 g/mol. The van der Waals surface area contributed by atoms with Crippen LogP contribution in [0.4, 0.5) is 5.69 Å². The van der Waals surface area contributed by atoms with Crippen LogP contribution in [0.5, 0.6) is 11.5 Å². The molecule has 0 aliphatic carbocycles. The lowest BCUT2D eigenvalue weighted by atomic mass is 9.99.